The fourth-order valence-corrected chi connectivity index (χ4v) is 16.0. The summed E-state index contributed by atoms with van der Waals surface area (Å²) in [7, 11) is -2.84. The molecule has 4 aliphatic rings. The van der Waals surface area contributed by atoms with E-state index in [0.717, 1.165) is 71.1 Å². The van der Waals surface area contributed by atoms with Gasteiger partial charge in [-0.25, -0.2) is 0 Å². The Bertz CT molecular complexity index is 3220. The van der Waals surface area contributed by atoms with Gasteiger partial charge in [0.2, 0.25) is 0 Å². The monoisotopic (exact) mass is 840 g/mol. The second-order valence-corrected chi connectivity index (χ2v) is 21.1. The van der Waals surface area contributed by atoms with Gasteiger partial charge >= 0.3 is 0 Å². The molecule has 3 nitrogen and oxygen atoms in total. The molecular weight excluding hydrogens is 793 g/mol. The van der Waals surface area contributed by atoms with Crippen LogP contribution in [-0.4, -0.2) is 19.0 Å². The summed E-state index contributed by atoms with van der Waals surface area (Å²) in [5, 5.41) is 7.87. The van der Waals surface area contributed by atoms with E-state index in [2.05, 4.69) is 228 Å². The summed E-state index contributed by atoms with van der Waals surface area (Å²) < 4.78 is 6.31. The summed E-state index contributed by atoms with van der Waals surface area (Å²) in [6.45, 7) is 0. The average Bonchev–Trinajstić information content (AvgIpc) is 3.89. The Morgan fingerprint density at radius 1 is 0.531 bits per heavy atom. The summed E-state index contributed by atoms with van der Waals surface area (Å²) >= 11 is 0. The summed E-state index contributed by atoms with van der Waals surface area (Å²) in [5.74, 6) is 0. The Morgan fingerprint density at radius 2 is 1.27 bits per heavy atom. The van der Waals surface area contributed by atoms with Crippen molar-refractivity contribution < 1.29 is 4.42 Å². The average molecular weight is 841 g/mol. The van der Waals surface area contributed by atoms with Crippen LogP contribution in [0.5, 0.6) is 0 Å². The Balaban J connectivity index is 1.04. The summed E-state index contributed by atoms with van der Waals surface area (Å²) in [6, 6.07) is 63.4. The van der Waals surface area contributed by atoms with Crippen LogP contribution in [0.3, 0.4) is 0 Å². The van der Waals surface area contributed by atoms with Crippen LogP contribution in [0, 0.1) is 0 Å². The van der Waals surface area contributed by atoms with E-state index < -0.39 is 8.07 Å². The second-order valence-electron chi connectivity index (χ2n) is 17.4. The van der Waals surface area contributed by atoms with Gasteiger partial charge in [-0.3, -0.25) is 0 Å². The van der Waals surface area contributed by atoms with Crippen LogP contribution < -0.4 is 25.6 Å². The molecule has 1 aliphatic heterocycles. The molecule has 0 fully saturated rings. The Hall–Kier alpha value is -7.40. The van der Waals surface area contributed by atoms with Gasteiger partial charge in [-0.1, -0.05) is 158 Å². The lowest BCUT2D eigenvalue weighted by Crippen LogP contribution is -2.72. The number of allylic oxidation sites excluding steroid dienone is 9. The van der Waals surface area contributed by atoms with Crippen molar-refractivity contribution in [3.63, 3.8) is 0 Å². The van der Waals surface area contributed by atoms with Crippen molar-refractivity contribution in [2.24, 2.45) is 0 Å². The molecule has 1 unspecified atom stereocenters. The molecule has 0 N–H and O–H groups in total. The third-order valence-corrected chi connectivity index (χ3v) is 18.6. The van der Waals surface area contributed by atoms with Crippen molar-refractivity contribution in [1.82, 2.24) is 4.90 Å². The second kappa shape index (κ2) is 16.1. The quantitative estimate of drug-likeness (QED) is 0.135. The van der Waals surface area contributed by atoms with Gasteiger partial charge in [0.25, 0.3) is 0 Å². The Morgan fingerprint density at radius 3 is 2.03 bits per heavy atom. The maximum absolute atomic E-state index is 6.31. The lowest BCUT2D eigenvalue weighted by atomic mass is 9.92. The summed E-state index contributed by atoms with van der Waals surface area (Å²) in [5.41, 5.74) is 13.1. The largest absolute Gasteiger partial charge is 0.456 e. The van der Waals surface area contributed by atoms with Crippen molar-refractivity contribution in [3.05, 3.63) is 241 Å². The number of hydrogen-bond donors (Lipinski definition) is 0. The van der Waals surface area contributed by atoms with Crippen molar-refractivity contribution in [2.75, 3.05) is 4.90 Å². The van der Waals surface area contributed by atoms with Gasteiger partial charge in [0.15, 0.2) is 8.07 Å². The maximum Gasteiger partial charge on any atom is 0.180 e. The molecular formula is C60H48N2OSi. The fourth-order valence-electron chi connectivity index (χ4n) is 10.9. The number of hydrogen-bond acceptors (Lipinski definition) is 3. The lowest BCUT2D eigenvalue weighted by molar-refractivity contribution is 0.356. The minimum absolute atomic E-state index is 0.236. The first-order chi connectivity index (χ1) is 31.7. The van der Waals surface area contributed by atoms with Crippen molar-refractivity contribution >= 4 is 73.4 Å². The van der Waals surface area contributed by atoms with Gasteiger partial charge < -0.3 is 14.2 Å². The summed E-state index contributed by atoms with van der Waals surface area (Å²) in [4.78, 5) is 5.03. The molecule has 1 aromatic heterocycles. The Labute approximate surface area is 376 Å². The SMILES string of the molecule is C1=CCCC(N(C2=CCCC=C2)C2C=C(c3ccc4c(c3)-c3ccc(N(c5ccccc5)c5ccc6oc7ccccc7c6c5)cc3[Si]4(c3ccccc3)c3ccccc3)C=CC2)=C1. The number of furan rings is 1. The van der Waals surface area contributed by atoms with Crippen LogP contribution in [0.2, 0.25) is 0 Å². The molecule has 0 spiro atoms. The van der Waals surface area contributed by atoms with Gasteiger partial charge in [-0.05, 0) is 142 Å². The molecule has 3 aliphatic carbocycles. The molecule has 64 heavy (non-hydrogen) atoms. The van der Waals surface area contributed by atoms with Crippen LogP contribution in [0.1, 0.15) is 37.7 Å². The van der Waals surface area contributed by atoms with Crippen LogP contribution >= 0.6 is 0 Å². The molecule has 2 heterocycles. The number of rotatable bonds is 9. The van der Waals surface area contributed by atoms with Crippen LogP contribution in [0.4, 0.5) is 17.1 Å². The van der Waals surface area contributed by atoms with E-state index >= 15 is 0 Å². The molecule has 4 heteroatoms. The van der Waals surface area contributed by atoms with Crippen molar-refractivity contribution in [2.45, 2.75) is 38.1 Å². The first-order valence-corrected chi connectivity index (χ1v) is 24.8. The predicted octanol–water partition coefficient (Wildman–Crippen LogP) is 12.9. The minimum atomic E-state index is -2.84. The zero-order chi connectivity index (χ0) is 42.5. The molecule has 0 saturated heterocycles. The maximum atomic E-state index is 6.31. The standard InChI is InChI=1S/C60H48N2OSi/c1-6-20-45(21-7-1)61(46-22-8-2-9-23-46)48-26-18-19-43(39-48)44-33-38-59-56(40-44)54-36-34-50(42-60(54)64(59,51-27-12-4-13-28-51)52-29-14-5-15-30-52)62(47-24-10-3-11-25-47)49-35-37-58-55(41-49)53-31-16-17-32-57(53)63-58/h1,3-6,8,10-20,22-25,27-42,48H,2,7,9,21,26H2. The molecule has 0 saturated carbocycles. The smallest absolute Gasteiger partial charge is 0.180 e. The summed E-state index contributed by atoms with van der Waals surface area (Å²) in [6.07, 6.45) is 26.5. The highest BCUT2D eigenvalue weighted by molar-refractivity contribution is 7.22. The minimum Gasteiger partial charge on any atom is -0.456 e. The molecule has 1 atom stereocenters. The number of nitrogens with zero attached hydrogens (tertiary/aromatic N) is 2. The van der Waals surface area contributed by atoms with E-state index in [-0.39, 0.29) is 6.04 Å². The van der Waals surface area contributed by atoms with Crippen LogP contribution in [-0.2, 0) is 0 Å². The van der Waals surface area contributed by atoms with Gasteiger partial charge in [0, 0.05) is 39.2 Å². The molecule has 8 aromatic rings. The van der Waals surface area contributed by atoms with Crippen molar-refractivity contribution in [3.8, 4) is 11.1 Å². The number of para-hydroxylation sites is 2. The topological polar surface area (TPSA) is 19.6 Å². The molecule has 0 bridgehead atoms. The molecule has 0 radical (unpaired) electrons. The van der Waals surface area contributed by atoms with E-state index in [1.807, 2.05) is 6.07 Å². The van der Waals surface area contributed by atoms with E-state index in [0.29, 0.717) is 0 Å². The predicted molar refractivity (Wildman–Crippen MR) is 271 cm³/mol. The van der Waals surface area contributed by atoms with Gasteiger partial charge in [-0.2, -0.15) is 0 Å². The van der Waals surface area contributed by atoms with Gasteiger partial charge in [-0.15, -0.1) is 0 Å². The van der Waals surface area contributed by atoms with Crippen LogP contribution in [0.25, 0.3) is 38.6 Å². The first kappa shape index (κ1) is 38.3. The van der Waals surface area contributed by atoms with E-state index in [1.165, 1.54) is 54.4 Å². The molecule has 12 rings (SSSR count). The van der Waals surface area contributed by atoms with E-state index in [4.69, 9.17) is 4.42 Å². The van der Waals surface area contributed by atoms with Crippen LogP contribution in [0.15, 0.2) is 240 Å². The highest BCUT2D eigenvalue weighted by Crippen LogP contribution is 2.41. The number of anilines is 3. The molecule has 0 amide bonds. The lowest BCUT2D eigenvalue weighted by Gasteiger charge is -2.37. The zero-order valence-corrected chi connectivity index (χ0v) is 36.8. The van der Waals surface area contributed by atoms with E-state index in [1.54, 1.807) is 0 Å². The Kier molecular flexibility index (Phi) is 9.60. The number of benzene rings is 7. The first-order valence-electron chi connectivity index (χ1n) is 22.8. The van der Waals surface area contributed by atoms with Gasteiger partial charge in [0.1, 0.15) is 11.2 Å². The van der Waals surface area contributed by atoms with Gasteiger partial charge in [0.05, 0.1) is 6.04 Å². The highest BCUT2D eigenvalue weighted by Gasteiger charge is 2.49. The molecule has 308 valence electrons. The fraction of sp³-hybridized carbons (Fsp3) is 0.100. The van der Waals surface area contributed by atoms with E-state index in [9.17, 15) is 0 Å². The normalized spacial score (nSPS) is 17.1. The molecule has 7 aromatic carbocycles. The highest BCUT2D eigenvalue weighted by atomic mass is 28.3. The number of fused-ring (bicyclic) bond motifs is 6. The third-order valence-electron chi connectivity index (χ3n) is 13.7. The van der Waals surface area contributed by atoms with Crippen molar-refractivity contribution in [1.29, 1.82) is 0 Å². The zero-order valence-electron chi connectivity index (χ0n) is 35.8. The third kappa shape index (κ3) is 6.40.